The second-order valence-corrected chi connectivity index (χ2v) is 3.14. The van der Waals surface area contributed by atoms with Crippen LogP contribution in [0.25, 0.3) is 0 Å². The fourth-order valence-electron chi connectivity index (χ4n) is 0.340. The van der Waals surface area contributed by atoms with Gasteiger partial charge in [-0.1, -0.05) is 0 Å². The molecule has 0 aromatic heterocycles. The molecule has 63 valence electrons. The molecule has 0 saturated carbocycles. The van der Waals surface area contributed by atoms with Gasteiger partial charge in [-0.25, -0.2) is 4.52 Å². The van der Waals surface area contributed by atoms with Crippen LogP contribution in [0, 0.1) is 0 Å². The topological polar surface area (TPSA) is 76.7 Å². The van der Waals surface area contributed by atoms with Crippen LogP contribution < -0.4 is 11.2 Å². The van der Waals surface area contributed by atoms with Gasteiger partial charge in [0.15, 0.2) is 11.8 Å². The van der Waals surface area contributed by atoms with E-state index in [1.165, 1.54) is 6.66 Å². The van der Waals surface area contributed by atoms with E-state index < -0.39 is 8.03 Å². The van der Waals surface area contributed by atoms with Crippen molar-refractivity contribution in [2.24, 2.45) is 10.8 Å². The van der Waals surface area contributed by atoms with Gasteiger partial charge in [-0.3, -0.25) is 5.43 Å². The van der Waals surface area contributed by atoms with E-state index in [-0.39, 0.29) is 40.6 Å². The molecule has 1 atom stereocenters. The summed E-state index contributed by atoms with van der Waals surface area (Å²) < 4.78 is 15.1. The molecular formula is C4H9N3NaO2PS+. The fourth-order valence-corrected chi connectivity index (χ4v) is 0.799. The van der Waals surface area contributed by atoms with Gasteiger partial charge in [-0.05, 0) is 16.8 Å². The molecule has 0 aromatic carbocycles. The molecule has 3 N–H and O–H groups in total. The van der Waals surface area contributed by atoms with Crippen LogP contribution in [0.5, 0.6) is 0 Å². The van der Waals surface area contributed by atoms with E-state index >= 15 is 0 Å². The molecule has 0 saturated heterocycles. The Balaban J connectivity index is 0. The van der Waals surface area contributed by atoms with Gasteiger partial charge in [0, 0.05) is 36.5 Å². The second-order valence-electron chi connectivity index (χ2n) is 1.64. The maximum absolute atomic E-state index is 10.5. The molecule has 0 spiro atoms. The standard InChI is InChI=1S/C4H8N3O2PS.Na/c1-3(9-10(2)8)6-7-4(5)11;/h1-2H3,(H2-,5,7,11);/p+1. The van der Waals surface area contributed by atoms with E-state index in [0.717, 1.165) is 0 Å². The van der Waals surface area contributed by atoms with Crippen LogP contribution in [0.3, 0.4) is 0 Å². The molecule has 12 heavy (non-hydrogen) atoms. The van der Waals surface area contributed by atoms with E-state index in [9.17, 15) is 4.57 Å². The van der Waals surface area contributed by atoms with E-state index in [4.69, 9.17) is 5.73 Å². The van der Waals surface area contributed by atoms with Gasteiger partial charge in [0.1, 0.15) is 0 Å². The van der Waals surface area contributed by atoms with Crippen LogP contribution in [-0.2, 0) is 9.09 Å². The molecule has 5 nitrogen and oxygen atoms in total. The third-order valence-corrected chi connectivity index (χ3v) is 1.20. The van der Waals surface area contributed by atoms with Gasteiger partial charge in [0.2, 0.25) is 0 Å². The second kappa shape index (κ2) is 7.89. The Morgan fingerprint density at radius 1 is 1.75 bits per heavy atom. The van der Waals surface area contributed by atoms with Crippen molar-refractivity contribution >= 4 is 60.8 Å². The predicted octanol–water partition coefficient (Wildman–Crippen LogP) is 0.161. The van der Waals surface area contributed by atoms with Crippen molar-refractivity contribution in [2.45, 2.75) is 6.92 Å². The molecular weight excluding hydrogens is 208 g/mol. The summed E-state index contributed by atoms with van der Waals surface area (Å²) in [5.74, 6) is 0.237. The van der Waals surface area contributed by atoms with E-state index in [2.05, 4.69) is 27.3 Å². The molecule has 0 aliphatic carbocycles. The Labute approximate surface area is 99.3 Å². The van der Waals surface area contributed by atoms with Crippen molar-refractivity contribution in [1.29, 1.82) is 0 Å². The first-order valence-corrected chi connectivity index (χ1v) is 4.74. The normalized spacial score (nSPS) is 11.2. The number of nitrogens with zero attached hydrogens (tertiary/aromatic N) is 1. The Hall–Kier alpha value is 0.260. The Morgan fingerprint density at radius 2 is 2.25 bits per heavy atom. The fraction of sp³-hybridized carbons (Fsp3) is 0.500. The number of thiocarbonyl (C=S) groups is 1. The summed E-state index contributed by atoms with van der Waals surface area (Å²) >= 11 is 4.46. The summed E-state index contributed by atoms with van der Waals surface area (Å²) in [6.07, 6.45) is 0. The summed E-state index contributed by atoms with van der Waals surface area (Å²) in [4.78, 5) is 0. The van der Waals surface area contributed by atoms with Gasteiger partial charge >= 0.3 is 8.03 Å². The van der Waals surface area contributed by atoms with Crippen LogP contribution >= 0.6 is 20.2 Å². The quantitative estimate of drug-likeness (QED) is 0.172. The number of nitrogens with two attached hydrogens (primary N) is 1. The summed E-state index contributed by atoms with van der Waals surface area (Å²) in [7, 11) is -1.68. The van der Waals surface area contributed by atoms with Gasteiger partial charge in [0.25, 0.3) is 5.90 Å². The minimum atomic E-state index is -1.68. The van der Waals surface area contributed by atoms with Crippen molar-refractivity contribution in [3.8, 4) is 0 Å². The number of rotatable bonds is 2. The molecule has 0 aliphatic heterocycles. The summed E-state index contributed by atoms with van der Waals surface area (Å²) in [6, 6.07) is 0. The summed E-state index contributed by atoms with van der Waals surface area (Å²) in [5.41, 5.74) is 7.35. The van der Waals surface area contributed by atoms with E-state index in [0.29, 0.717) is 0 Å². The Morgan fingerprint density at radius 3 is 2.58 bits per heavy atom. The molecule has 0 fully saturated rings. The average Bonchev–Trinajstić information content (AvgIpc) is 1.82. The number of hydrazone groups is 1. The summed E-state index contributed by atoms with van der Waals surface area (Å²) in [5, 5.41) is 3.60. The first-order valence-electron chi connectivity index (χ1n) is 2.71. The van der Waals surface area contributed by atoms with Gasteiger partial charge in [0.05, 0.1) is 0 Å². The van der Waals surface area contributed by atoms with Crippen LogP contribution in [0.15, 0.2) is 5.10 Å². The first-order chi connectivity index (χ1) is 5.02. The molecule has 0 aliphatic rings. The van der Waals surface area contributed by atoms with Crippen molar-refractivity contribution in [3.63, 3.8) is 0 Å². The third-order valence-electron chi connectivity index (χ3n) is 0.584. The molecule has 8 heteroatoms. The monoisotopic (exact) mass is 217 g/mol. The average molecular weight is 217 g/mol. The van der Waals surface area contributed by atoms with Crippen molar-refractivity contribution in [3.05, 3.63) is 0 Å². The van der Waals surface area contributed by atoms with Crippen LogP contribution in [0.4, 0.5) is 0 Å². The summed E-state index contributed by atoms with van der Waals surface area (Å²) in [6.45, 7) is 2.97. The van der Waals surface area contributed by atoms with Crippen LogP contribution in [0.1, 0.15) is 6.92 Å². The van der Waals surface area contributed by atoms with Crippen LogP contribution in [0.2, 0.25) is 0 Å². The maximum atomic E-state index is 10.5. The van der Waals surface area contributed by atoms with Gasteiger partial charge < -0.3 is 5.73 Å². The molecule has 1 radical (unpaired) electrons. The minimum Gasteiger partial charge on any atom is -0.375 e. The zero-order valence-electron chi connectivity index (χ0n) is 7.20. The van der Waals surface area contributed by atoms with E-state index in [1.807, 2.05) is 0 Å². The molecule has 0 rings (SSSR count). The number of hydrogen-bond donors (Lipinski definition) is 2. The van der Waals surface area contributed by atoms with Gasteiger partial charge in [-0.15, -0.1) is 5.10 Å². The molecule has 0 heterocycles. The van der Waals surface area contributed by atoms with E-state index in [1.54, 1.807) is 6.92 Å². The Kier molecular flexibility index (Phi) is 9.70. The molecule has 0 amide bonds. The minimum absolute atomic E-state index is 0. The Bertz CT molecular complexity index is 210. The van der Waals surface area contributed by atoms with Crippen LogP contribution in [-0.4, -0.2) is 47.2 Å². The molecule has 0 bridgehead atoms. The number of hydrogen-bond acceptors (Lipinski definition) is 4. The van der Waals surface area contributed by atoms with Crippen molar-refractivity contribution in [2.75, 3.05) is 6.66 Å². The smallest absolute Gasteiger partial charge is 0.375 e. The van der Waals surface area contributed by atoms with Crippen molar-refractivity contribution in [1.82, 2.24) is 5.43 Å². The zero-order chi connectivity index (χ0) is 8.85. The first kappa shape index (κ1) is 14.8. The van der Waals surface area contributed by atoms with Gasteiger partial charge in [-0.2, -0.15) is 0 Å². The number of nitrogens with one attached hydrogen (secondary N) is 1. The molecule has 1 unspecified atom stereocenters. The maximum Gasteiger partial charge on any atom is 0.554 e. The SMILES string of the molecule is CC(=NNC(N)=S)O[P+](C)=O.[Na]. The zero-order valence-corrected chi connectivity index (χ0v) is 10.9. The third kappa shape index (κ3) is 10.3. The molecule has 0 aromatic rings. The predicted molar refractivity (Wildman–Crippen MR) is 53.4 cm³/mol. The van der Waals surface area contributed by atoms with Crippen molar-refractivity contribution < 1.29 is 9.09 Å². The largest absolute Gasteiger partial charge is 0.554 e.